The molecule has 1 aliphatic rings. The zero-order valence-electron chi connectivity index (χ0n) is 9.49. The summed E-state index contributed by atoms with van der Waals surface area (Å²) in [5.41, 5.74) is 0.566. The molecule has 3 nitrogen and oxygen atoms in total. The van der Waals surface area contributed by atoms with Gasteiger partial charge in [-0.1, -0.05) is 6.42 Å². The predicted molar refractivity (Wildman–Crippen MR) is 62.6 cm³/mol. The van der Waals surface area contributed by atoms with Crippen molar-refractivity contribution in [3.63, 3.8) is 0 Å². The van der Waals surface area contributed by atoms with Crippen LogP contribution in [0.15, 0.2) is 18.2 Å². The highest BCUT2D eigenvalue weighted by Crippen LogP contribution is 2.22. The van der Waals surface area contributed by atoms with Crippen LogP contribution in [-0.4, -0.2) is 18.7 Å². The summed E-state index contributed by atoms with van der Waals surface area (Å²) in [4.78, 5) is 23.9. The van der Waals surface area contributed by atoms with Gasteiger partial charge in [0, 0.05) is 18.7 Å². The summed E-state index contributed by atoms with van der Waals surface area (Å²) in [5.74, 6) is -0.546. The molecule has 0 radical (unpaired) electrons. The largest absolute Gasteiger partial charge is 0.312 e. The summed E-state index contributed by atoms with van der Waals surface area (Å²) >= 11 is 0. The maximum atomic E-state index is 13.5. The van der Waals surface area contributed by atoms with E-state index in [1.807, 2.05) is 0 Å². The van der Waals surface area contributed by atoms with Crippen LogP contribution in [0.1, 0.15) is 36.0 Å². The molecule has 1 aromatic carbocycles. The van der Waals surface area contributed by atoms with E-state index in [4.69, 9.17) is 0 Å². The van der Waals surface area contributed by atoms with Gasteiger partial charge in [-0.25, -0.2) is 4.39 Å². The van der Waals surface area contributed by atoms with Crippen LogP contribution in [0.3, 0.4) is 0 Å². The molecule has 0 spiro atoms. The van der Waals surface area contributed by atoms with Crippen LogP contribution in [0, 0.1) is 5.82 Å². The van der Waals surface area contributed by atoms with Crippen molar-refractivity contribution in [3.8, 4) is 0 Å². The van der Waals surface area contributed by atoms with E-state index in [0.717, 1.165) is 19.3 Å². The molecule has 1 aliphatic heterocycles. The Bertz CT molecular complexity index is 445. The Labute approximate surface area is 99.2 Å². The van der Waals surface area contributed by atoms with Gasteiger partial charge in [-0.15, -0.1) is 0 Å². The third kappa shape index (κ3) is 2.52. The fourth-order valence-electron chi connectivity index (χ4n) is 2.04. The highest BCUT2D eigenvalue weighted by molar-refractivity contribution is 5.93. The number of nitrogens with zero attached hydrogens (tertiary/aromatic N) is 1. The summed E-state index contributed by atoms with van der Waals surface area (Å²) in [7, 11) is 0. The summed E-state index contributed by atoms with van der Waals surface area (Å²) in [6, 6.07) is 4.29. The van der Waals surface area contributed by atoms with E-state index in [2.05, 4.69) is 0 Å². The van der Waals surface area contributed by atoms with E-state index >= 15 is 0 Å². The van der Waals surface area contributed by atoms with Gasteiger partial charge < -0.3 is 4.90 Å². The van der Waals surface area contributed by atoms with E-state index in [1.54, 1.807) is 11.0 Å². The number of aldehydes is 1. The number of amides is 1. The summed E-state index contributed by atoms with van der Waals surface area (Å²) in [6.07, 6.45) is 3.84. The van der Waals surface area contributed by atoms with E-state index in [-0.39, 0.29) is 11.5 Å². The van der Waals surface area contributed by atoms with Crippen LogP contribution < -0.4 is 4.90 Å². The third-order valence-electron chi connectivity index (χ3n) is 3.00. The molecule has 0 saturated carbocycles. The Morgan fingerprint density at radius 1 is 1.24 bits per heavy atom. The Kier molecular flexibility index (Phi) is 3.52. The van der Waals surface area contributed by atoms with Crippen LogP contribution in [0.25, 0.3) is 0 Å². The topological polar surface area (TPSA) is 37.4 Å². The van der Waals surface area contributed by atoms with Crippen LogP contribution in [-0.2, 0) is 4.79 Å². The fraction of sp³-hybridized carbons (Fsp3) is 0.385. The highest BCUT2D eigenvalue weighted by atomic mass is 19.1. The number of anilines is 1. The maximum absolute atomic E-state index is 13.5. The monoisotopic (exact) mass is 235 g/mol. The lowest BCUT2D eigenvalue weighted by molar-refractivity contribution is -0.118. The summed E-state index contributed by atoms with van der Waals surface area (Å²) in [5, 5.41) is 0. The number of hydrogen-bond donors (Lipinski definition) is 0. The molecule has 1 saturated heterocycles. The van der Waals surface area contributed by atoms with Crippen molar-refractivity contribution in [1.82, 2.24) is 0 Å². The summed E-state index contributed by atoms with van der Waals surface area (Å²) in [6.45, 7) is 0.624. The molecule has 1 amide bonds. The molecule has 1 heterocycles. The average molecular weight is 235 g/mol. The third-order valence-corrected chi connectivity index (χ3v) is 3.00. The van der Waals surface area contributed by atoms with Gasteiger partial charge in [0.05, 0.1) is 5.56 Å². The fourth-order valence-corrected chi connectivity index (χ4v) is 2.04. The lowest BCUT2D eigenvalue weighted by atomic mass is 10.2. The molecule has 0 N–H and O–H groups in total. The smallest absolute Gasteiger partial charge is 0.226 e. The Balaban J connectivity index is 2.28. The predicted octanol–water partition coefficient (Wildman–Crippen LogP) is 2.55. The van der Waals surface area contributed by atoms with Crippen molar-refractivity contribution in [2.24, 2.45) is 0 Å². The Hall–Kier alpha value is -1.71. The van der Waals surface area contributed by atoms with Gasteiger partial charge in [-0.05, 0) is 31.0 Å². The van der Waals surface area contributed by atoms with Crippen molar-refractivity contribution in [2.75, 3.05) is 11.4 Å². The van der Waals surface area contributed by atoms with E-state index in [1.165, 1.54) is 12.1 Å². The molecule has 0 bridgehead atoms. The van der Waals surface area contributed by atoms with Crippen molar-refractivity contribution in [3.05, 3.63) is 29.6 Å². The molecule has 90 valence electrons. The molecular weight excluding hydrogens is 221 g/mol. The molecular formula is C13H14FNO2. The van der Waals surface area contributed by atoms with Crippen LogP contribution in [0.2, 0.25) is 0 Å². The second-order valence-electron chi connectivity index (χ2n) is 4.18. The van der Waals surface area contributed by atoms with Gasteiger partial charge >= 0.3 is 0 Å². The second-order valence-corrected chi connectivity index (χ2v) is 4.18. The molecule has 1 fully saturated rings. The van der Waals surface area contributed by atoms with Gasteiger partial charge in [0.15, 0.2) is 6.29 Å². The minimum atomic E-state index is -0.574. The molecule has 4 heteroatoms. The first-order valence-corrected chi connectivity index (χ1v) is 5.77. The zero-order valence-corrected chi connectivity index (χ0v) is 9.49. The average Bonchev–Trinajstić information content (AvgIpc) is 2.54. The number of benzene rings is 1. The van der Waals surface area contributed by atoms with Crippen LogP contribution in [0.5, 0.6) is 0 Å². The van der Waals surface area contributed by atoms with Gasteiger partial charge in [0.2, 0.25) is 5.91 Å². The molecule has 1 aromatic rings. The van der Waals surface area contributed by atoms with E-state index in [0.29, 0.717) is 24.9 Å². The van der Waals surface area contributed by atoms with Crippen molar-refractivity contribution in [2.45, 2.75) is 25.7 Å². The van der Waals surface area contributed by atoms with Gasteiger partial charge in [-0.2, -0.15) is 0 Å². The lowest BCUT2D eigenvalue weighted by Crippen LogP contribution is -2.30. The minimum Gasteiger partial charge on any atom is -0.312 e. The standard InChI is InChI=1S/C13H14FNO2/c14-12-8-11(6-5-10(12)9-16)15-7-3-1-2-4-13(15)17/h5-6,8-9H,1-4,7H2. The number of rotatable bonds is 2. The molecule has 0 atom stereocenters. The highest BCUT2D eigenvalue weighted by Gasteiger charge is 2.19. The first-order valence-electron chi connectivity index (χ1n) is 5.77. The van der Waals surface area contributed by atoms with Crippen molar-refractivity contribution in [1.29, 1.82) is 0 Å². The Morgan fingerprint density at radius 3 is 2.76 bits per heavy atom. The van der Waals surface area contributed by atoms with Gasteiger partial charge in [-0.3, -0.25) is 9.59 Å². The molecule has 0 aliphatic carbocycles. The lowest BCUT2D eigenvalue weighted by Gasteiger charge is -2.20. The minimum absolute atomic E-state index is 0.0241. The second kappa shape index (κ2) is 5.08. The van der Waals surface area contributed by atoms with Gasteiger partial charge in [0.25, 0.3) is 0 Å². The van der Waals surface area contributed by atoms with Gasteiger partial charge in [0.1, 0.15) is 5.82 Å². The van der Waals surface area contributed by atoms with Crippen LogP contribution in [0.4, 0.5) is 10.1 Å². The quantitative estimate of drug-likeness (QED) is 0.739. The number of carbonyl (C=O) groups excluding carboxylic acids is 2. The van der Waals surface area contributed by atoms with E-state index < -0.39 is 5.82 Å². The summed E-state index contributed by atoms with van der Waals surface area (Å²) < 4.78 is 13.5. The molecule has 0 aromatic heterocycles. The Morgan fingerprint density at radius 2 is 2.06 bits per heavy atom. The number of hydrogen-bond acceptors (Lipinski definition) is 2. The first kappa shape index (κ1) is 11.8. The normalized spacial score (nSPS) is 16.8. The number of carbonyl (C=O) groups is 2. The SMILES string of the molecule is O=Cc1ccc(N2CCCCCC2=O)cc1F. The molecule has 2 rings (SSSR count). The molecule has 0 unspecified atom stereocenters. The first-order chi connectivity index (χ1) is 8.22. The maximum Gasteiger partial charge on any atom is 0.226 e. The number of halogens is 1. The van der Waals surface area contributed by atoms with Crippen molar-refractivity contribution < 1.29 is 14.0 Å². The van der Waals surface area contributed by atoms with Crippen LogP contribution >= 0.6 is 0 Å². The zero-order chi connectivity index (χ0) is 12.3. The molecule has 17 heavy (non-hydrogen) atoms. The van der Waals surface area contributed by atoms with Crippen molar-refractivity contribution >= 4 is 17.9 Å². The van der Waals surface area contributed by atoms with E-state index in [9.17, 15) is 14.0 Å².